The Balaban J connectivity index is 1.41. The maximum atomic E-state index is 12.5. The first-order valence-electron chi connectivity index (χ1n) is 9.06. The molecule has 0 bridgehead atoms. The molecule has 4 rings (SSSR count). The predicted molar refractivity (Wildman–Crippen MR) is 110 cm³/mol. The summed E-state index contributed by atoms with van der Waals surface area (Å²) in [6.07, 6.45) is 5.52. The van der Waals surface area contributed by atoms with Gasteiger partial charge in [0.2, 0.25) is 0 Å². The van der Waals surface area contributed by atoms with Crippen LogP contribution in [0, 0.1) is 0 Å². The van der Waals surface area contributed by atoms with Crippen molar-refractivity contribution < 1.29 is 4.79 Å². The molecule has 0 saturated carbocycles. The van der Waals surface area contributed by atoms with E-state index in [0.717, 1.165) is 29.3 Å². The SMILES string of the molecule is O=C(Nc1ccc2ccncc2c1)c1ccc(CCc2ccccc2)cc1. The molecule has 1 amide bonds. The van der Waals surface area contributed by atoms with Crippen LogP contribution in [0.4, 0.5) is 5.69 Å². The summed E-state index contributed by atoms with van der Waals surface area (Å²) in [6, 6.07) is 26.1. The molecule has 4 aromatic rings. The number of fused-ring (bicyclic) bond motifs is 1. The van der Waals surface area contributed by atoms with Gasteiger partial charge in [-0.1, -0.05) is 48.5 Å². The standard InChI is InChI=1S/C24H20N2O/c27-24(26-23-13-12-20-14-15-25-17-22(20)16-23)21-10-8-19(9-11-21)7-6-18-4-2-1-3-5-18/h1-5,8-17H,6-7H2,(H,26,27). The molecule has 0 radical (unpaired) electrons. The Labute approximate surface area is 158 Å². The van der Waals surface area contributed by atoms with Crippen molar-refractivity contribution in [1.29, 1.82) is 0 Å². The highest BCUT2D eigenvalue weighted by Gasteiger charge is 2.07. The molecular formula is C24H20N2O. The number of pyridine rings is 1. The fourth-order valence-electron chi connectivity index (χ4n) is 3.12. The van der Waals surface area contributed by atoms with Gasteiger partial charge >= 0.3 is 0 Å². The number of rotatable bonds is 5. The second kappa shape index (κ2) is 7.83. The number of anilines is 1. The molecule has 0 aliphatic carbocycles. The Kier molecular flexibility index (Phi) is 4.93. The van der Waals surface area contributed by atoms with E-state index >= 15 is 0 Å². The molecule has 3 heteroatoms. The highest BCUT2D eigenvalue weighted by Crippen LogP contribution is 2.19. The summed E-state index contributed by atoms with van der Waals surface area (Å²) in [5, 5.41) is 5.07. The van der Waals surface area contributed by atoms with E-state index in [1.165, 1.54) is 11.1 Å². The van der Waals surface area contributed by atoms with Gasteiger partial charge in [0.05, 0.1) is 0 Å². The average Bonchev–Trinajstić information content (AvgIpc) is 2.73. The lowest BCUT2D eigenvalue weighted by Gasteiger charge is -2.08. The second-order valence-electron chi connectivity index (χ2n) is 6.57. The fourth-order valence-corrected chi connectivity index (χ4v) is 3.12. The third-order valence-corrected chi connectivity index (χ3v) is 4.66. The number of amides is 1. The van der Waals surface area contributed by atoms with Crippen LogP contribution in [0.3, 0.4) is 0 Å². The van der Waals surface area contributed by atoms with Crippen LogP contribution in [0.1, 0.15) is 21.5 Å². The maximum absolute atomic E-state index is 12.5. The highest BCUT2D eigenvalue weighted by molar-refractivity contribution is 6.05. The molecule has 0 aliphatic rings. The Bertz CT molecular complexity index is 1060. The number of carbonyl (C=O) groups is 1. The third kappa shape index (κ3) is 4.21. The van der Waals surface area contributed by atoms with Gasteiger partial charge in [-0.15, -0.1) is 0 Å². The Morgan fingerprint density at radius 2 is 1.52 bits per heavy atom. The van der Waals surface area contributed by atoms with E-state index in [-0.39, 0.29) is 5.91 Å². The minimum absolute atomic E-state index is 0.104. The molecule has 0 unspecified atom stereocenters. The molecule has 27 heavy (non-hydrogen) atoms. The summed E-state index contributed by atoms with van der Waals surface area (Å²) in [6.45, 7) is 0. The first-order chi connectivity index (χ1) is 13.3. The number of aromatic nitrogens is 1. The average molecular weight is 352 g/mol. The van der Waals surface area contributed by atoms with Gasteiger partial charge in [0.15, 0.2) is 0 Å². The molecule has 132 valence electrons. The van der Waals surface area contributed by atoms with E-state index < -0.39 is 0 Å². The lowest BCUT2D eigenvalue weighted by molar-refractivity contribution is 0.102. The van der Waals surface area contributed by atoms with Gasteiger partial charge in [0.25, 0.3) is 5.91 Å². The van der Waals surface area contributed by atoms with Gasteiger partial charge < -0.3 is 5.32 Å². The highest BCUT2D eigenvalue weighted by atomic mass is 16.1. The van der Waals surface area contributed by atoms with Crippen LogP contribution in [0.25, 0.3) is 10.8 Å². The number of carbonyl (C=O) groups excluding carboxylic acids is 1. The molecule has 1 aromatic heterocycles. The minimum atomic E-state index is -0.104. The summed E-state index contributed by atoms with van der Waals surface area (Å²) in [4.78, 5) is 16.6. The third-order valence-electron chi connectivity index (χ3n) is 4.66. The number of benzene rings is 3. The van der Waals surface area contributed by atoms with Gasteiger partial charge in [-0.3, -0.25) is 9.78 Å². The smallest absolute Gasteiger partial charge is 0.255 e. The molecule has 3 aromatic carbocycles. The number of nitrogens with zero attached hydrogens (tertiary/aromatic N) is 1. The van der Waals surface area contributed by atoms with Gasteiger partial charge in [-0.25, -0.2) is 0 Å². The molecule has 0 fully saturated rings. The van der Waals surface area contributed by atoms with Gasteiger partial charge in [0.1, 0.15) is 0 Å². The lowest BCUT2D eigenvalue weighted by atomic mass is 10.0. The van der Waals surface area contributed by atoms with Crippen molar-refractivity contribution >= 4 is 22.4 Å². The number of hydrogen-bond acceptors (Lipinski definition) is 2. The van der Waals surface area contributed by atoms with Crippen molar-refractivity contribution in [2.75, 3.05) is 5.32 Å². The van der Waals surface area contributed by atoms with Crippen molar-refractivity contribution in [1.82, 2.24) is 4.98 Å². The molecule has 1 heterocycles. The van der Waals surface area contributed by atoms with Crippen LogP contribution in [0.15, 0.2) is 91.3 Å². The lowest BCUT2D eigenvalue weighted by Crippen LogP contribution is -2.11. The number of hydrogen-bond donors (Lipinski definition) is 1. The Morgan fingerprint density at radius 3 is 2.30 bits per heavy atom. The van der Waals surface area contributed by atoms with Crippen molar-refractivity contribution in [3.8, 4) is 0 Å². The van der Waals surface area contributed by atoms with Crippen LogP contribution in [-0.4, -0.2) is 10.9 Å². The van der Waals surface area contributed by atoms with E-state index in [0.29, 0.717) is 5.56 Å². The van der Waals surface area contributed by atoms with Gasteiger partial charge in [-0.05, 0) is 59.7 Å². The first kappa shape index (κ1) is 17.0. The maximum Gasteiger partial charge on any atom is 0.255 e. The van der Waals surface area contributed by atoms with Crippen molar-refractivity contribution in [2.24, 2.45) is 0 Å². The van der Waals surface area contributed by atoms with Gasteiger partial charge in [-0.2, -0.15) is 0 Å². The first-order valence-corrected chi connectivity index (χ1v) is 9.06. The number of aryl methyl sites for hydroxylation is 2. The fraction of sp³-hybridized carbons (Fsp3) is 0.0833. The monoisotopic (exact) mass is 352 g/mol. The zero-order chi connectivity index (χ0) is 18.5. The quantitative estimate of drug-likeness (QED) is 0.531. The van der Waals surface area contributed by atoms with Crippen molar-refractivity contribution in [2.45, 2.75) is 12.8 Å². The number of nitrogens with one attached hydrogen (secondary N) is 1. The topological polar surface area (TPSA) is 42.0 Å². The van der Waals surface area contributed by atoms with E-state index in [1.54, 1.807) is 12.4 Å². The summed E-state index contributed by atoms with van der Waals surface area (Å²) in [5.74, 6) is -0.104. The van der Waals surface area contributed by atoms with E-state index in [2.05, 4.69) is 34.6 Å². The Hall–Kier alpha value is -3.46. The van der Waals surface area contributed by atoms with Crippen LogP contribution >= 0.6 is 0 Å². The van der Waals surface area contributed by atoms with Gasteiger partial charge in [0, 0.05) is 29.0 Å². The normalized spacial score (nSPS) is 10.7. The van der Waals surface area contributed by atoms with E-state index in [1.807, 2.05) is 54.6 Å². The largest absolute Gasteiger partial charge is 0.322 e. The Morgan fingerprint density at radius 1 is 0.778 bits per heavy atom. The summed E-state index contributed by atoms with van der Waals surface area (Å²) >= 11 is 0. The molecular weight excluding hydrogens is 332 g/mol. The summed E-state index contributed by atoms with van der Waals surface area (Å²) < 4.78 is 0. The van der Waals surface area contributed by atoms with Crippen molar-refractivity contribution in [3.05, 3.63) is 108 Å². The molecule has 1 N–H and O–H groups in total. The van der Waals surface area contributed by atoms with Crippen LogP contribution < -0.4 is 5.32 Å². The molecule has 3 nitrogen and oxygen atoms in total. The molecule has 0 spiro atoms. The summed E-state index contributed by atoms with van der Waals surface area (Å²) in [7, 11) is 0. The predicted octanol–water partition coefficient (Wildman–Crippen LogP) is 5.27. The zero-order valence-corrected chi connectivity index (χ0v) is 14.9. The van der Waals surface area contributed by atoms with E-state index in [4.69, 9.17) is 0 Å². The zero-order valence-electron chi connectivity index (χ0n) is 14.9. The van der Waals surface area contributed by atoms with Crippen LogP contribution in [0.5, 0.6) is 0 Å². The van der Waals surface area contributed by atoms with Crippen LogP contribution in [-0.2, 0) is 12.8 Å². The van der Waals surface area contributed by atoms with E-state index in [9.17, 15) is 4.79 Å². The van der Waals surface area contributed by atoms with Crippen LogP contribution in [0.2, 0.25) is 0 Å². The van der Waals surface area contributed by atoms with Crippen molar-refractivity contribution in [3.63, 3.8) is 0 Å². The second-order valence-corrected chi connectivity index (χ2v) is 6.57. The minimum Gasteiger partial charge on any atom is -0.322 e. The summed E-state index contributed by atoms with van der Waals surface area (Å²) in [5.41, 5.74) is 3.98. The molecule has 0 aliphatic heterocycles. The molecule has 0 atom stereocenters. The molecule has 0 saturated heterocycles.